The number of aliphatic hydroxyl groups excluding tert-OH is 1. The van der Waals surface area contributed by atoms with E-state index < -0.39 is 0 Å². The molecular weight excluding hydrogens is 220 g/mol. The maximum Gasteiger partial charge on any atom is 0.227 e. The third kappa shape index (κ3) is 3.09. The second-order valence-electron chi connectivity index (χ2n) is 4.74. The molecule has 1 heterocycles. The molecule has 4 nitrogen and oxygen atoms in total. The fraction of sp³-hybridized carbons (Fsp3) is 0.615. The molecule has 2 rings (SSSR count). The van der Waals surface area contributed by atoms with Gasteiger partial charge in [0.15, 0.2) is 0 Å². The summed E-state index contributed by atoms with van der Waals surface area (Å²) in [5.74, 6) is 1.16. The minimum atomic E-state index is -0.268. The van der Waals surface area contributed by atoms with E-state index in [-0.39, 0.29) is 29.6 Å². The van der Waals surface area contributed by atoms with Gasteiger partial charge in [0.2, 0.25) is 11.2 Å². The Morgan fingerprint density at radius 2 is 2.35 bits per heavy atom. The van der Waals surface area contributed by atoms with E-state index in [1.807, 2.05) is 0 Å². The lowest BCUT2D eigenvalue weighted by molar-refractivity contribution is 0.124. The highest BCUT2D eigenvalue weighted by Crippen LogP contribution is 2.26. The summed E-state index contributed by atoms with van der Waals surface area (Å²) in [7, 11) is 0. The molecule has 0 aliphatic heterocycles. The molecule has 0 radical (unpaired) electrons. The molecule has 2 atom stereocenters. The van der Waals surface area contributed by atoms with Gasteiger partial charge in [-0.25, -0.2) is 0 Å². The summed E-state index contributed by atoms with van der Waals surface area (Å²) in [6.07, 6.45) is 5.77. The Morgan fingerprint density at radius 3 is 3.00 bits per heavy atom. The van der Waals surface area contributed by atoms with Crippen LogP contribution in [0.15, 0.2) is 21.5 Å². The zero-order chi connectivity index (χ0) is 12.3. The van der Waals surface area contributed by atoms with E-state index in [0.717, 1.165) is 19.3 Å². The van der Waals surface area contributed by atoms with Gasteiger partial charge in [0.1, 0.15) is 18.6 Å². The molecule has 1 aromatic heterocycles. The van der Waals surface area contributed by atoms with Crippen molar-refractivity contribution >= 4 is 0 Å². The summed E-state index contributed by atoms with van der Waals surface area (Å²) in [6, 6.07) is 1.28. The van der Waals surface area contributed by atoms with Gasteiger partial charge in [-0.3, -0.25) is 4.79 Å². The Balaban J connectivity index is 2.05. The second-order valence-corrected chi connectivity index (χ2v) is 4.74. The van der Waals surface area contributed by atoms with Crippen LogP contribution in [0.1, 0.15) is 38.4 Å². The van der Waals surface area contributed by atoms with Crippen molar-refractivity contribution in [2.75, 3.05) is 0 Å². The molecule has 4 heteroatoms. The summed E-state index contributed by atoms with van der Waals surface area (Å²) in [5.41, 5.74) is -0.224. The number of ether oxygens (including phenoxy) is 1. The maximum atomic E-state index is 11.7. The molecule has 1 aliphatic rings. The van der Waals surface area contributed by atoms with E-state index in [2.05, 4.69) is 6.92 Å². The third-order valence-electron chi connectivity index (χ3n) is 3.19. The van der Waals surface area contributed by atoms with E-state index in [0.29, 0.717) is 5.92 Å². The Labute approximate surface area is 100 Å². The van der Waals surface area contributed by atoms with Gasteiger partial charge in [-0.1, -0.05) is 13.3 Å². The Hall–Kier alpha value is -1.29. The van der Waals surface area contributed by atoms with Gasteiger partial charge >= 0.3 is 0 Å². The first kappa shape index (κ1) is 12.2. The summed E-state index contributed by atoms with van der Waals surface area (Å²) in [5, 5.41) is 8.84. The van der Waals surface area contributed by atoms with Crippen LogP contribution in [0.3, 0.4) is 0 Å². The molecule has 1 fully saturated rings. The lowest BCUT2D eigenvalue weighted by atomic mass is 9.89. The molecule has 1 N–H and O–H groups in total. The zero-order valence-electron chi connectivity index (χ0n) is 10.0. The van der Waals surface area contributed by atoms with Crippen LogP contribution < -0.4 is 10.2 Å². The molecule has 94 valence electrons. The third-order valence-corrected chi connectivity index (χ3v) is 3.19. The fourth-order valence-electron chi connectivity index (χ4n) is 2.27. The topological polar surface area (TPSA) is 59.7 Å². The first-order chi connectivity index (χ1) is 8.19. The molecule has 17 heavy (non-hydrogen) atoms. The van der Waals surface area contributed by atoms with Crippen molar-refractivity contribution in [3.63, 3.8) is 0 Å². The second kappa shape index (κ2) is 5.36. The molecular formula is C13H18O4. The summed E-state index contributed by atoms with van der Waals surface area (Å²) >= 11 is 0. The average molecular weight is 238 g/mol. The highest BCUT2D eigenvalue weighted by atomic mass is 16.5. The van der Waals surface area contributed by atoms with Crippen LogP contribution in [-0.2, 0) is 6.61 Å². The number of hydrogen-bond acceptors (Lipinski definition) is 4. The summed E-state index contributed by atoms with van der Waals surface area (Å²) in [4.78, 5) is 11.7. The van der Waals surface area contributed by atoms with Gasteiger partial charge in [0, 0.05) is 6.07 Å². The lowest BCUT2D eigenvalue weighted by Gasteiger charge is -2.26. The Morgan fingerprint density at radius 1 is 1.53 bits per heavy atom. The molecule has 1 aliphatic carbocycles. The minimum Gasteiger partial charge on any atom is -0.483 e. The van der Waals surface area contributed by atoms with Crippen LogP contribution in [0.4, 0.5) is 0 Å². The van der Waals surface area contributed by atoms with E-state index in [4.69, 9.17) is 14.3 Å². The van der Waals surface area contributed by atoms with Crippen molar-refractivity contribution in [3.05, 3.63) is 28.3 Å². The molecule has 2 unspecified atom stereocenters. The smallest absolute Gasteiger partial charge is 0.227 e. The van der Waals surface area contributed by atoms with Crippen molar-refractivity contribution < 1.29 is 14.3 Å². The van der Waals surface area contributed by atoms with Crippen LogP contribution in [-0.4, -0.2) is 11.2 Å². The first-order valence-corrected chi connectivity index (χ1v) is 6.08. The monoisotopic (exact) mass is 238 g/mol. The number of aliphatic hydroxyl groups is 1. The number of hydrogen-bond donors (Lipinski definition) is 1. The van der Waals surface area contributed by atoms with E-state index >= 15 is 0 Å². The van der Waals surface area contributed by atoms with Crippen molar-refractivity contribution in [1.29, 1.82) is 0 Å². The fourth-order valence-corrected chi connectivity index (χ4v) is 2.27. The molecule has 0 aromatic carbocycles. The predicted octanol–water partition coefficient (Wildman–Crippen LogP) is 2.09. The average Bonchev–Trinajstić information content (AvgIpc) is 2.32. The first-order valence-electron chi connectivity index (χ1n) is 6.08. The van der Waals surface area contributed by atoms with Crippen LogP contribution in [0, 0.1) is 5.92 Å². The van der Waals surface area contributed by atoms with E-state index in [9.17, 15) is 4.79 Å². The van der Waals surface area contributed by atoms with Crippen LogP contribution >= 0.6 is 0 Å². The number of rotatable bonds is 3. The van der Waals surface area contributed by atoms with Gasteiger partial charge in [-0.15, -0.1) is 0 Å². The summed E-state index contributed by atoms with van der Waals surface area (Å²) in [6.45, 7) is 1.93. The quantitative estimate of drug-likeness (QED) is 0.876. The molecule has 0 saturated heterocycles. The molecule has 0 bridgehead atoms. The standard InChI is InChI=1S/C13H18O4/c1-9-3-2-4-10(5-9)17-13-8-16-11(7-14)6-12(13)15/h6,8-10,14H,2-5,7H2,1H3. The van der Waals surface area contributed by atoms with Gasteiger partial charge in [0.05, 0.1) is 6.10 Å². The largest absolute Gasteiger partial charge is 0.483 e. The van der Waals surface area contributed by atoms with Crippen molar-refractivity contribution in [1.82, 2.24) is 0 Å². The maximum absolute atomic E-state index is 11.7. The minimum absolute atomic E-state index is 0.113. The molecule has 0 spiro atoms. The van der Waals surface area contributed by atoms with Crippen LogP contribution in [0.5, 0.6) is 5.75 Å². The van der Waals surface area contributed by atoms with Crippen molar-refractivity contribution in [3.8, 4) is 5.75 Å². The SMILES string of the molecule is CC1CCCC(Oc2coc(CO)cc2=O)C1. The van der Waals surface area contributed by atoms with Gasteiger partial charge in [0.25, 0.3) is 0 Å². The normalized spacial score (nSPS) is 24.6. The highest BCUT2D eigenvalue weighted by molar-refractivity contribution is 5.17. The highest BCUT2D eigenvalue weighted by Gasteiger charge is 2.21. The molecule has 0 amide bonds. The molecule has 1 saturated carbocycles. The van der Waals surface area contributed by atoms with Crippen molar-refractivity contribution in [2.24, 2.45) is 5.92 Å². The van der Waals surface area contributed by atoms with Gasteiger partial charge < -0.3 is 14.3 Å². The Kier molecular flexibility index (Phi) is 3.84. The van der Waals surface area contributed by atoms with Gasteiger partial charge in [-0.05, 0) is 25.2 Å². The van der Waals surface area contributed by atoms with Crippen molar-refractivity contribution in [2.45, 2.75) is 45.3 Å². The molecule has 1 aromatic rings. The van der Waals surface area contributed by atoms with Crippen LogP contribution in [0.2, 0.25) is 0 Å². The van der Waals surface area contributed by atoms with E-state index in [1.54, 1.807) is 0 Å². The Bertz CT molecular complexity index is 424. The summed E-state index contributed by atoms with van der Waals surface area (Å²) < 4.78 is 10.7. The lowest BCUT2D eigenvalue weighted by Crippen LogP contribution is -2.26. The van der Waals surface area contributed by atoms with Gasteiger partial charge in [-0.2, -0.15) is 0 Å². The predicted molar refractivity (Wildman–Crippen MR) is 62.9 cm³/mol. The zero-order valence-corrected chi connectivity index (χ0v) is 10.0. The van der Waals surface area contributed by atoms with E-state index in [1.165, 1.54) is 18.8 Å². The van der Waals surface area contributed by atoms with Crippen LogP contribution in [0.25, 0.3) is 0 Å².